The molecule has 1 amide bonds. The number of piperidine rings is 1. The van der Waals surface area contributed by atoms with Gasteiger partial charge < -0.3 is 20.3 Å². The van der Waals surface area contributed by atoms with Crippen LogP contribution >= 0.6 is 11.8 Å². The molecule has 3 saturated heterocycles. The Balaban J connectivity index is 0.000000188. The number of esters is 1. The predicted molar refractivity (Wildman–Crippen MR) is 178 cm³/mol. The Morgan fingerprint density at radius 1 is 0.872 bits per heavy atom. The van der Waals surface area contributed by atoms with E-state index in [1.165, 1.54) is 24.3 Å². The number of carbonyl (C=O) groups excluding carboxylic acids is 2. The van der Waals surface area contributed by atoms with Crippen LogP contribution in [0.3, 0.4) is 0 Å². The van der Waals surface area contributed by atoms with Crippen LogP contribution in [-0.2, 0) is 41.2 Å². The number of rotatable bonds is 5. The van der Waals surface area contributed by atoms with Gasteiger partial charge in [-0.15, -0.1) is 11.8 Å². The predicted octanol–water partition coefficient (Wildman–Crippen LogP) is 3.29. The van der Waals surface area contributed by atoms with Gasteiger partial charge in [0.25, 0.3) is 20.2 Å². The fraction of sp³-hybridized carbons (Fsp3) is 0.375. The quantitative estimate of drug-likeness (QED) is 0.200. The monoisotopic (exact) mass is 705 g/mol. The molecule has 2 unspecified atom stereocenters. The molecule has 0 bridgehead atoms. The second kappa shape index (κ2) is 14.8. The van der Waals surface area contributed by atoms with E-state index in [9.17, 15) is 26.4 Å². The van der Waals surface area contributed by atoms with Crippen LogP contribution in [-0.4, -0.2) is 90.0 Å². The number of carbonyl (C=O) groups is 2. The summed E-state index contributed by atoms with van der Waals surface area (Å²) in [5, 5.41) is -0.0924. The maximum Gasteiger partial charge on any atom is 0.330 e. The lowest BCUT2D eigenvalue weighted by atomic mass is 9.85. The molecule has 4 N–H and O–H groups in total. The Morgan fingerprint density at radius 2 is 1.34 bits per heavy atom. The third kappa shape index (κ3) is 8.99. The van der Waals surface area contributed by atoms with Gasteiger partial charge in [-0.2, -0.15) is 16.8 Å². The van der Waals surface area contributed by atoms with E-state index in [1.807, 2.05) is 44.2 Å². The van der Waals surface area contributed by atoms with Crippen molar-refractivity contribution in [3.63, 3.8) is 0 Å². The normalized spacial score (nSPS) is 21.8. The summed E-state index contributed by atoms with van der Waals surface area (Å²) < 4.78 is 64.4. The zero-order chi connectivity index (χ0) is 34.6. The van der Waals surface area contributed by atoms with Crippen LogP contribution < -0.4 is 5.73 Å². The van der Waals surface area contributed by atoms with Crippen molar-refractivity contribution < 1.29 is 40.3 Å². The standard InChI is InChI=1S/C18H23N3O3S.2C7H8O3S/c1-20-9-7-18(8-10-20)14(21-15(22)13(19)16(21)25-18)17(23)24-11-12-5-3-2-4-6-12;2*1-6-2-4-7(5-3-6)11(8,9)10/h2-6,13-14,16H,7-11,19H2,1H3;2*2-5H,1H3,(H,8,9,10)/t13?,14?,16-;;/m0../s1. The molecule has 3 aliphatic rings. The topological polar surface area (TPSA) is 185 Å². The molecule has 0 aliphatic carbocycles. The largest absolute Gasteiger partial charge is 0.459 e. The summed E-state index contributed by atoms with van der Waals surface area (Å²) in [6, 6.07) is 20.6. The summed E-state index contributed by atoms with van der Waals surface area (Å²) in [6.45, 7) is 5.75. The van der Waals surface area contributed by atoms with Crippen molar-refractivity contribution in [1.29, 1.82) is 0 Å². The van der Waals surface area contributed by atoms with E-state index in [0.29, 0.717) is 0 Å². The molecule has 15 heteroatoms. The molecule has 0 radical (unpaired) electrons. The number of thioether (sulfide) groups is 1. The Hall–Kier alpha value is -3.31. The number of benzene rings is 3. The van der Waals surface area contributed by atoms with Gasteiger partial charge in [-0.05, 0) is 76.7 Å². The number of nitrogens with zero attached hydrogens (tertiary/aromatic N) is 2. The number of β-lactam (4-membered cyclic amide) rings is 1. The molecular formula is C32H39N3O9S3. The van der Waals surface area contributed by atoms with Crippen molar-refractivity contribution in [3.05, 3.63) is 95.6 Å². The van der Waals surface area contributed by atoms with E-state index in [4.69, 9.17) is 19.6 Å². The first-order chi connectivity index (χ1) is 22.0. The molecule has 3 aromatic rings. The lowest BCUT2D eigenvalue weighted by Gasteiger charge is -2.43. The van der Waals surface area contributed by atoms with E-state index in [-0.39, 0.29) is 38.4 Å². The van der Waals surface area contributed by atoms with Crippen molar-refractivity contribution in [2.45, 2.75) is 65.3 Å². The van der Waals surface area contributed by atoms with E-state index in [2.05, 4.69) is 11.9 Å². The Bertz CT molecular complexity index is 1690. The minimum Gasteiger partial charge on any atom is -0.459 e. The van der Waals surface area contributed by atoms with Crippen molar-refractivity contribution in [1.82, 2.24) is 9.80 Å². The highest BCUT2D eigenvalue weighted by molar-refractivity contribution is 8.01. The summed E-state index contributed by atoms with van der Waals surface area (Å²) in [5.74, 6) is -0.432. The van der Waals surface area contributed by atoms with E-state index < -0.39 is 32.3 Å². The molecule has 3 heterocycles. The zero-order valence-electron chi connectivity index (χ0n) is 26.2. The minimum atomic E-state index is -4.02. The third-order valence-electron chi connectivity index (χ3n) is 8.17. The van der Waals surface area contributed by atoms with Gasteiger partial charge >= 0.3 is 5.97 Å². The first-order valence-electron chi connectivity index (χ1n) is 14.7. The summed E-state index contributed by atoms with van der Waals surface area (Å²) in [4.78, 5) is 29.0. The first kappa shape index (κ1) is 36.5. The molecule has 254 valence electrons. The van der Waals surface area contributed by atoms with Gasteiger partial charge in [-0.1, -0.05) is 65.7 Å². The van der Waals surface area contributed by atoms with Crippen LogP contribution in [0.25, 0.3) is 0 Å². The van der Waals surface area contributed by atoms with Crippen LogP contribution in [0.15, 0.2) is 88.7 Å². The summed E-state index contributed by atoms with van der Waals surface area (Å²) in [7, 11) is -5.95. The van der Waals surface area contributed by atoms with Gasteiger partial charge in [0.1, 0.15) is 24.1 Å². The lowest BCUT2D eigenvalue weighted by molar-refractivity contribution is -0.164. The van der Waals surface area contributed by atoms with Gasteiger partial charge in [0.15, 0.2) is 0 Å². The minimum absolute atomic E-state index is 0.0666. The van der Waals surface area contributed by atoms with E-state index >= 15 is 0 Å². The Kier molecular flexibility index (Phi) is 11.5. The number of fused-ring (bicyclic) bond motifs is 1. The van der Waals surface area contributed by atoms with Gasteiger partial charge in [-0.25, -0.2) is 4.79 Å². The molecule has 3 aromatic carbocycles. The van der Waals surface area contributed by atoms with Crippen LogP contribution in [0.1, 0.15) is 29.5 Å². The van der Waals surface area contributed by atoms with Gasteiger partial charge in [0.2, 0.25) is 5.91 Å². The number of likely N-dealkylation sites (tertiary alicyclic amines) is 1. The number of hydrogen-bond acceptors (Lipinski definition) is 10. The third-order valence-corrected chi connectivity index (χ3v) is 11.8. The number of hydrogen-bond donors (Lipinski definition) is 3. The molecule has 12 nitrogen and oxygen atoms in total. The maximum atomic E-state index is 12.9. The molecule has 0 saturated carbocycles. The van der Waals surface area contributed by atoms with E-state index in [0.717, 1.165) is 42.6 Å². The summed E-state index contributed by atoms with van der Waals surface area (Å²) in [5.41, 5.74) is 8.84. The van der Waals surface area contributed by atoms with Crippen LogP contribution in [0, 0.1) is 13.8 Å². The van der Waals surface area contributed by atoms with Crippen LogP contribution in [0.2, 0.25) is 0 Å². The highest BCUT2D eigenvalue weighted by Crippen LogP contribution is 2.55. The van der Waals surface area contributed by atoms with Crippen molar-refractivity contribution >= 4 is 43.9 Å². The molecule has 3 atom stereocenters. The molecule has 47 heavy (non-hydrogen) atoms. The fourth-order valence-corrected chi connectivity index (χ4v) is 8.22. The average Bonchev–Trinajstić information content (AvgIpc) is 3.33. The zero-order valence-corrected chi connectivity index (χ0v) is 28.7. The molecule has 6 rings (SSSR count). The fourth-order valence-electron chi connectivity index (χ4n) is 5.42. The molecule has 1 spiro atoms. The second-order valence-electron chi connectivity index (χ2n) is 11.7. The smallest absolute Gasteiger partial charge is 0.330 e. The molecule has 0 aromatic heterocycles. The second-order valence-corrected chi connectivity index (χ2v) is 16.1. The SMILES string of the molecule is CN1CCC2(CC1)S[C@H]1C(N)C(=O)N1C2C(=O)OCc1ccccc1.Cc1ccc(S(=O)(=O)O)cc1.Cc1ccc(S(=O)(=O)O)cc1. The molecule has 3 fully saturated rings. The molecular weight excluding hydrogens is 667 g/mol. The molecule has 3 aliphatic heterocycles. The van der Waals surface area contributed by atoms with Crippen LogP contribution in [0.4, 0.5) is 0 Å². The van der Waals surface area contributed by atoms with E-state index in [1.54, 1.807) is 40.9 Å². The van der Waals surface area contributed by atoms with Crippen molar-refractivity contribution in [2.24, 2.45) is 5.73 Å². The number of nitrogens with two attached hydrogens (primary N) is 1. The summed E-state index contributed by atoms with van der Waals surface area (Å²) in [6.07, 6.45) is 1.73. The van der Waals surface area contributed by atoms with Gasteiger partial charge in [0.05, 0.1) is 14.5 Å². The van der Waals surface area contributed by atoms with Gasteiger partial charge in [0, 0.05) is 0 Å². The Labute approximate surface area is 279 Å². The highest BCUT2D eigenvalue weighted by atomic mass is 32.2. The highest BCUT2D eigenvalue weighted by Gasteiger charge is 2.66. The van der Waals surface area contributed by atoms with Crippen molar-refractivity contribution in [3.8, 4) is 0 Å². The van der Waals surface area contributed by atoms with Gasteiger partial charge in [-0.3, -0.25) is 13.9 Å². The van der Waals surface area contributed by atoms with Crippen LogP contribution in [0.5, 0.6) is 0 Å². The van der Waals surface area contributed by atoms with Crippen molar-refractivity contribution in [2.75, 3.05) is 20.1 Å². The number of amides is 1. The Morgan fingerprint density at radius 3 is 1.79 bits per heavy atom. The first-order valence-corrected chi connectivity index (χ1v) is 18.5. The average molecular weight is 706 g/mol. The summed E-state index contributed by atoms with van der Waals surface area (Å²) >= 11 is 1.71. The number of ether oxygens (including phenoxy) is 1. The lowest BCUT2D eigenvalue weighted by Crippen LogP contribution is -2.69. The number of aryl methyl sites for hydroxylation is 2. The maximum absolute atomic E-state index is 12.9.